The Bertz CT molecular complexity index is 644. The molecule has 0 amide bonds. The number of nitriles is 1. The fourth-order valence-corrected chi connectivity index (χ4v) is 1.79. The van der Waals surface area contributed by atoms with Crippen LogP contribution in [0, 0.1) is 18.3 Å². The van der Waals surface area contributed by atoms with Gasteiger partial charge in [0.2, 0.25) is 0 Å². The van der Waals surface area contributed by atoms with E-state index in [0.29, 0.717) is 22.7 Å². The van der Waals surface area contributed by atoms with Crippen LogP contribution in [0.5, 0.6) is 5.75 Å². The van der Waals surface area contributed by atoms with E-state index in [-0.39, 0.29) is 0 Å². The number of aryl methyl sites for hydroxylation is 1. The van der Waals surface area contributed by atoms with Crippen molar-refractivity contribution in [2.45, 2.75) is 6.92 Å². The molecule has 0 saturated carbocycles. The molecule has 0 aliphatic rings. The average molecular weight is 253 g/mol. The first-order chi connectivity index (χ1) is 9.15. The van der Waals surface area contributed by atoms with Crippen molar-refractivity contribution < 1.29 is 4.74 Å². The van der Waals surface area contributed by atoms with Crippen LogP contribution in [0.4, 0.5) is 17.1 Å². The van der Waals surface area contributed by atoms with Crippen LogP contribution in [0.2, 0.25) is 0 Å². The highest BCUT2D eigenvalue weighted by atomic mass is 16.5. The molecule has 0 saturated heterocycles. The van der Waals surface area contributed by atoms with E-state index in [1.165, 1.54) is 0 Å². The number of methoxy groups -OCH3 is 1. The van der Waals surface area contributed by atoms with Crippen LogP contribution in [-0.2, 0) is 0 Å². The number of anilines is 3. The number of hydrogen-bond donors (Lipinski definition) is 2. The van der Waals surface area contributed by atoms with Crippen LogP contribution >= 0.6 is 0 Å². The number of hydrogen-bond acceptors (Lipinski definition) is 4. The molecular formula is C15H15N3O. The molecule has 2 rings (SSSR count). The Labute approximate surface area is 112 Å². The van der Waals surface area contributed by atoms with Crippen molar-refractivity contribution in [2.75, 3.05) is 18.2 Å². The number of benzene rings is 2. The quantitative estimate of drug-likeness (QED) is 0.824. The minimum atomic E-state index is 0.526. The molecule has 0 unspecified atom stereocenters. The molecule has 0 atom stereocenters. The molecule has 0 bridgehead atoms. The van der Waals surface area contributed by atoms with Crippen molar-refractivity contribution in [2.24, 2.45) is 0 Å². The van der Waals surface area contributed by atoms with Gasteiger partial charge in [0.15, 0.2) is 0 Å². The molecule has 4 heteroatoms. The third-order valence-electron chi connectivity index (χ3n) is 2.92. The van der Waals surface area contributed by atoms with E-state index in [1.807, 2.05) is 25.1 Å². The maximum absolute atomic E-state index is 9.14. The first kappa shape index (κ1) is 12.8. The third-order valence-corrected chi connectivity index (χ3v) is 2.92. The SMILES string of the molecule is COc1cccc(C#N)c1Nc1ccc(C)c(N)c1. The number of nitrogens with zero attached hydrogens (tertiary/aromatic N) is 1. The molecule has 96 valence electrons. The number of nitrogens with one attached hydrogen (secondary N) is 1. The predicted octanol–water partition coefficient (Wildman–Crippen LogP) is 3.20. The molecule has 3 N–H and O–H groups in total. The summed E-state index contributed by atoms with van der Waals surface area (Å²) in [6.07, 6.45) is 0. The summed E-state index contributed by atoms with van der Waals surface area (Å²) in [5.74, 6) is 0.623. The van der Waals surface area contributed by atoms with Gasteiger partial charge < -0.3 is 15.8 Å². The highest BCUT2D eigenvalue weighted by Crippen LogP contribution is 2.31. The Morgan fingerprint density at radius 1 is 1.26 bits per heavy atom. The minimum Gasteiger partial charge on any atom is -0.495 e. The lowest BCUT2D eigenvalue weighted by atomic mass is 10.1. The second-order valence-electron chi connectivity index (χ2n) is 4.19. The number of nitrogens with two attached hydrogens (primary N) is 1. The molecule has 2 aromatic carbocycles. The van der Waals surface area contributed by atoms with Crippen LogP contribution in [0.25, 0.3) is 0 Å². The molecule has 0 aliphatic heterocycles. The summed E-state index contributed by atoms with van der Waals surface area (Å²) < 4.78 is 5.27. The summed E-state index contributed by atoms with van der Waals surface area (Å²) in [6.45, 7) is 1.95. The number of nitrogen functional groups attached to an aromatic ring is 1. The Balaban J connectivity index is 2.42. The van der Waals surface area contributed by atoms with E-state index in [9.17, 15) is 0 Å². The maximum Gasteiger partial charge on any atom is 0.143 e. The molecule has 0 aliphatic carbocycles. The van der Waals surface area contributed by atoms with E-state index in [4.69, 9.17) is 15.7 Å². The molecule has 19 heavy (non-hydrogen) atoms. The standard InChI is InChI=1S/C15H15N3O/c1-10-6-7-12(8-13(10)17)18-15-11(9-16)4-3-5-14(15)19-2/h3-8,18H,17H2,1-2H3. The van der Waals surface area contributed by atoms with Crippen LogP contribution in [0.3, 0.4) is 0 Å². The van der Waals surface area contributed by atoms with Gasteiger partial charge in [0, 0.05) is 11.4 Å². The van der Waals surface area contributed by atoms with Crippen LogP contribution in [-0.4, -0.2) is 7.11 Å². The fraction of sp³-hybridized carbons (Fsp3) is 0.133. The van der Waals surface area contributed by atoms with Gasteiger partial charge in [-0.1, -0.05) is 12.1 Å². The maximum atomic E-state index is 9.14. The lowest BCUT2D eigenvalue weighted by molar-refractivity contribution is 0.416. The number of ether oxygens (including phenoxy) is 1. The Kier molecular flexibility index (Phi) is 3.58. The smallest absolute Gasteiger partial charge is 0.143 e. The van der Waals surface area contributed by atoms with Crippen LogP contribution < -0.4 is 15.8 Å². The third kappa shape index (κ3) is 2.61. The van der Waals surface area contributed by atoms with Gasteiger partial charge in [-0.2, -0.15) is 5.26 Å². The zero-order valence-corrected chi connectivity index (χ0v) is 10.9. The summed E-state index contributed by atoms with van der Waals surface area (Å²) in [7, 11) is 1.57. The van der Waals surface area contributed by atoms with Gasteiger partial charge in [0.05, 0.1) is 18.4 Å². The van der Waals surface area contributed by atoms with Gasteiger partial charge in [0.1, 0.15) is 11.8 Å². The van der Waals surface area contributed by atoms with Crippen molar-refractivity contribution in [3.05, 3.63) is 47.5 Å². The van der Waals surface area contributed by atoms with E-state index in [1.54, 1.807) is 25.3 Å². The average Bonchev–Trinajstić information content (AvgIpc) is 2.43. The highest BCUT2D eigenvalue weighted by molar-refractivity contribution is 5.74. The van der Waals surface area contributed by atoms with E-state index in [2.05, 4.69) is 11.4 Å². The zero-order chi connectivity index (χ0) is 13.8. The summed E-state index contributed by atoms with van der Waals surface area (Å²) in [6, 6.07) is 13.2. The summed E-state index contributed by atoms with van der Waals surface area (Å²) in [5, 5.41) is 12.3. The van der Waals surface area contributed by atoms with Crippen molar-refractivity contribution in [1.29, 1.82) is 5.26 Å². The molecule has 0 heterocycles. The topological polar surface area (TPSA) is 71.1 Å². The zero-order valence-electron chi connectivity index (χ0n) is 10.9. The van der Waals surface area contributed by atoms with E-state index >= 15 is 0 Å². The van der Waals surface area contributed by atoms with Gasteiger partial charge in [-0.3, -0.25) is 0 Å². The van der Waals surface area contributed by atoms with Gasteiger partial charge in [-0.15, -0.1) is 0 Å². The van der Waals surface area contributed by atoms with E-state index in [0.717, 1.165) is 11.3 Å². The second kappa shape index (κ2) is 5.32. The van der Waals surface area contributed by atoms with Gasteiger partial charge >= 0.3 is 0 Å². The molecule has 0 fully saturated rings. The summed E-state index contributed by atoms with van der Waals surface area (Å²) in [4.78, 5) is 0. The predicted molar refractivity (Wildman–Crippen MR) is 76.6 cm³/mol. The van der Waals surface area contributed by atoms with Crippen LogP contribution in [0.15, 0.2) is 36.4 Å². The lowest BCUT2D eigenvalue weighted by Crippen LogP contribution is -1.99. The molecule has 0 spiro atoms. The van der Waals surface area contributed by atoms with E-state index < -0.39 is 0 Å². The molecule has 2 aromatic rings. The van der Waals surface area contributed by atoms with Crippen molar-refractivity contribution in [3.63, 3.8) is 0 Å². The Morgan fingerprint density at radius 3 is 2.68 bits per heavy atom. The lowest BCUT2D eigenvalue weighted by Gasteiger charge is -2.13. The largest absolute Gasteiger partial charge is 0.495 e. The summed E-state index contributed by atoms with van der Waals surface area (Å²) >= 11 is 0. The molecule has 0 aromatic heterocycles. The van der Waals surface area contributed by atoms with Crippen LogP contribution in [0.1, 0.15) is 11.1 Å². The molecule has 0 radical (unpaired) electrons. The fourth-order valence-electron chi connectivity index (χ4n) is 1.79. The number of rotatable bonds is 3. The van der Waals surface area contributed by atoms with Crippen molar-refractivity contribution >= 4 is 17.1 Å². The monoisotopic (exact) mass is 253 g/mol. The number of para-hydroxylation sites is 1. The van der Waals surface area contributed by atoms with Gasteiger partial charge in [0.25, 0.3) is 0 Å². The van der Waals surface area contributed by atoms with Crippen molar-refractivity contribution in [3.8, 4) is 11.8 Å². The second-order valence-corrected chi connectivity index (χ2v) is 4.19. The minimum absolute atomic E-state index is 0.526. The normalized spacial score (nSPS) is 9.74. The van der Waals surface area contributed by atoms with Gasteiger partial charge in [-0.05, 0) is 36.8 Å². The van der Waals surface area contributed by atoms with Crippen molar-refractivity contribution in [1.82, 2.24) is 0 Å². The van der Waals surface area contributed by atoms with Gasteiger partial charge in [-0.25, -0.2) is 0 Å². The highest BCUT2D eigenvalue weighted by Gasteiger charge is 2.09. The Hall–Kier alpha value is -2.67. The first-order valence-electron chi connectivity index (χ1n) is 5.86. The molecular weight excluding hydrogens is 238 g/mol. The summed E-state index contributed by atoms with van der Waals surface area (Å²) in [5.41, 5.74) is 9.60. The Morgan fingerprint density at radius 2 is 2.05 bits per heavy atom. The first-order valence-corrected chi connectivity index (χ1v) is 5.86. The molecule has 4 nitrogen and oxygen atoms in total.